The number of carbonyl (C=O) groups excluding carboxylic acids is 2. The van der Waals surface area contributed by atoms with Crippen molar-refractivity contribution in [1.82, 2.24) is 14.4 Å². The van der Waals surface area contributed by atoms with E-state index in [1.807, 2.05) is 0 Å². The van der Waals surface area contributed by atoms with Crippen LogP contribution in [0.4, 0.5) is 0 Å². The summed E-state index contributed by atoms with van der Waals surface area (Å²) in [5.74, 6) is -0.370. The predicted molar refractivity (Wildman–Crippen MR) is 93.9 cm³/mol. The highest BCUT2D eigenvalue weighted by Crippen LogP contribution is 2.31. The second kappa shape index (κ2) is 7.39. The van der Waals surface area contributed by atoms with Crippen molar-refractivity contribution in [1.29, 1.82) is 0 Å². The molecule has 136 valence electrons. The SMILES string of the molecule is NC(=O)C1(N2CCCCC2)CCN(C(=O)Cn2ccccc2=O)CC1. The van der Waals surface area contributed by atoms with E-state index in [1.54, 1.807) is 23.2 Å². The number of amides is 2. The van der Waals surface area contributed by atoms with Crippen LogP contribution in [0.15, 0.2) is 29.2 Å². The number of nitrogens with two attached hydrogens (primary N) is 1. The molecule has 2 saturated heterocycles. The van der Waals surface area contributed by atoms with E-state index in [0.29, 0.717) is 25.9 Å². The Morgan fingerprint density at radius 1 is 1.04 bits per heavy atom. The lowest BCUT2D eigenvalue weighted by Gasteiger charge is -2.48. The van der Waals surface area contributed by atoms with Crippen LogP contribution in [-0.4, -0.2) is 57.9 Å². The van der Waals surface area contributed by atoms with Crippen LogP contribution in [0.3, 0.4) is 0 Å². The molecule has 2 fully saturated rings. The zero-order valence-electron chi connectivity index (χ0n) is 14.5. The molecule has 0 aromatic carbocycles. The van der Waals surface area contributed by atoms with Crippen molar-refractivity contribution >= 4 is 11.8 Å². The first kappa shape index (κ1) is 17.7. The zero-order valence-corrected chi connectivity index (χ0v) is 14.5. The Labute approximate surface area is 147 Å². The maximum absolute atomic E-state index is 12.5. The molecule has 0 spiro atoms. The summed E-state index contributed by atoms with van der Waals surface area (Å²) >= 11 is 0. The lowest BCUT2D eigenvalue weighted by atomic mass is 9.83. The fraction of sp³-hybridized carbons (Fsp3) is 0.611. The molecule has 0 bridgehead atoms. The Bertz CT molecular complexity index is 686. The Balaban J connectivity index is 1.65. The topological polar surface area (TPSA) is 88.6 Å². The zero-order chi connectivity index (χ0) is 17.9. The van der Waals surface area contributed by atoms with Gasteiger partial charge in [-0.05, 0) is 44.8 Å². The maximum Gasteiger partial charge on any atom is 0.250 e. The Kier molecular flexibility index (Phi) is 5.22. The molecule has 0 radical (unpaired) electrons. The molecule has 0 unspecified atom stereocenters. The largest absolute Gasteiger partial charge is 0.368 e. The van der Waals surface area contributed by atoms with E-state index in [9.17, 15) is 14.4 Å². The smallest absolute Gasteiger partial charge is 0.250 e. The predicted octanol–water partition coefficient (Wildman–Crippen LogP) is 0.181. The van der Waals surface area contributed by atoms with E-state index in [4.69, 9.17) is 5.73 Å². The first-order valence-corrected chi connectivity index (χ1v) is 9.01. The quantitative estimate of drug-likeness (QED) is 0.842. The summed E-state index contributed by atoms with van der Waals surface area (Å²) in [5, 5.41) is 0. The number of carbonyl (C=O) groups is 2. The van der Waals surface area contributed by atoms with Gasteiger partial charge >= 0.3 is 0 Å². The van der Waals surface area contributed by atoms with E-state index in [0.717, 1.165) is 25.9 Å². The van der Waals surface area contributed by atoms with Gasteiger partial charge in [0.2, 0.25) is 11.8 Å². The van der Waals surface area contributed by atoms with Crippen molar-refractivity contribution in [3.8, 4) is 0 Å². The summed E-state index contributed by atoms with van der Waals surface area (Å²) in [7, 11) is 0. The van der Waals surface area contributed by atoms with Crippen molar-refractivity contribution in [2.24, 2.45) is 5.73 Å². The van der Waals surface area contributed by atoms with E-state index >= 15 is 0 Å². The van der Waals surface area contributed by atoms with Gasteiger partial charge in [-0.1, -0.05) is 12.5 Å². The second-order valence-corrected chi connectivity index (χ2v) is 6.99. The number of primary amides is 1. The van der Waals surface area contributed by atoms with E-state index < -0.39 is 5.54 Å². The highest BCUT2D eigenvalue weighted by Gasteiger charge is 2.45. The molecule has 7 nitrogen and oxygen atoms in total. The van der Waals surface area contributed by atoms with Gasteiger partial charge in [0.15, 0.2) is 0 Å². The molecule has 2 aliphatic heterocycles. The highest BCUT2D eigenvalue weighted by atomic mass is 16.2. The number of pyridine rings is 1. The van der Waals surface area contributed by atoms with Crippen LogP contribution >= 0.6 is 0 Å². The first-order valence-electron chi connectivity index (χ1n) is 9.01. The molecule has 2 amide bonds. The highest BCUT2D eigenvalue weighted by molar-refractivity contribution is 5.85. The summed E-state index contributed by atoms with van der Waals surface area (Å²) in [6.45, 7) is 2.83. The third-order valence-electron chi connectivity index (χ3n) is 5.57. The maximum atomic E-state index is 12.5. The summed E-state index contributed by atoms with van der Waals surface area (Å²) < 4.78 is 1.41. The van der Waals surface area contributed by atoms with E-state index in [1.165, 1.54) is 17.1 Å². The fourth-order valence-corrected chi connectivity index (χ4v) is 4.00. The number of hydrogen-bond acceptors (Lipinski definition) is 4. The average Bonchev–Trinajstić information content (AvgIpc) is 2.64. The molecule has 0 aliphatic carbocycles. The third kappa shape index (κ3) is 3.61. The summed E-state index contributed by atoms with van der Waals surface area (Å²) in [6.07, 6.45) is 6.13. The fourth-order valence-electron chi connectivity index (χ4n) is 4.00. The van der Waals surface area contributed by atoms with Gasteiger partial charge in [0, 0.05) is 25.4 Å². The molecule has 2 N–H and O–H groups in total. The van der Waals surface area contributed by atoms with Gasteiger partial charge in [0.25, 0.3) is 5.56 Å². The summed E-state index contributed by atoms with van der Waals surface area (Å²) in [4.78, 5) is 40.5. The van der Waals surface area contributed by atoms with Crippen LogP contribution in [0.25, 0.3) is 0 Å². The van der Waals surface area contributed by atoms with Gasteiger partial charge in [0.1, 0.15) is 12.1 Å². The molecular weight excluding hydrogens is 320 g/mol. The minimum Gasteiger partial charge on any atom is -0.368 e. The van der Waals surface area contributed by atoms with Crippen molar-refractivity contribution in [2.75, 3.05) is 26.2 Å². The minimum absolute atomic E-state index is 0.0347. The first-order chi connectivity index (χ1) is 12.0. The van der Waals surface area contributed by atoms with Gasteiger partial charge < -0.3 is 15.2 Å². The second-order valence-electron chi connectivity index (χ2n) is 6.99. The number of rotatable bonds is 4. The molecule has 0 atom stereocenters. The molecule has 7 heteroatoms. The normalized spacial score (nSPS) is 21.0. The number of hydrogen-bond donors (Lipinski definition) is 1. The van der Waals surface area contributed by atoms with Crippen molar-refractivity contribution < 1.29 is 9.59 Å². The number of aromatic nitrogens is 1. The van der Waals surface area contributed by atoms with Crippen LogP contribution in [0, 0.1) is 0 Å². The third-order valence-corrected chi connectivity index (χ3v) is 5.57. The van der Waals surface area contributed by atoms with Crippen molar-refractivity contribution in [2.45, 2.75) is 44.2 Å². The molecule has 3 rings (SSSR count). The Morgan fingerprint density at radius 2 is 1.72 bits per heavy atom. The van der Waals surface area contributed by atoms with E-state index in [-0.39, 0.29) is 23.9 Å². The lowest BCUT2D eigenvalue weighted by molar-refractivity contribution is -0.142. The van der Waals surface area contributed by atoms with Crippen molar-refractivity contribution in [3.63, 3.8) is 0 Å². The molecule has 0 saturated carbocycles. The minimum atomic E-state index is -0.624. The van der Waals surface area contributed by atoms with Gasteiger partial charge in [-0.15, -0.1) is 0 Å². The summed E-state index contributed by atoms with van der Waals surface area (Å²) in [6, 6.07) is 4.83. The molecule has 1 aromatic heterocycles. The summed E-state index contributed by atoms with van der Waals surface area (Å²) in [5.41, 5.74) is 4.96. The van der Waals surface area contributed by atoms with Crippen LogP contribution in [0.2, 0.25) is 0 Å². The number of nitrogens with zero attached hydrogens (tertiary/aromatic N) is 3. The molecule has 3 heterocycles. The molecule has 2 aliphatic rings. The molecule has 1 aromatic rings. The lowest BCUT2D eigenvalue weighted by Crippen LogP contribution is -2.63. The monoisotopic (exact) mass is 346 g/mol. The van der Waals surface area contributed by atoms with Crippen LogP contribution < -0.4 is 11.3 Å². The number of likely N-dealkylation sites (tertiary alicyclic amines) is 2. The van der Waals surface area contributed by atoms with Crippen molar-refractivity contribution in [3.05, 3.63) is 34.7 Å². The van der Waals surface area contributed by atoms with E-state index in [2.05, 4.69) is 4.90 Å². The Morgan fingerprint density at radius 3 is 2.32 bits per heavy atom. The van der Waals surface area contributed by atoms with Gasteiger partial charge in [-0.2, -0.15) is 0 Å². The van der Waals surface area contributed by atoms with Crippen LogP contribution in [0.5, 0.6) is 0 Å². The molecular formula is C18H26N4O3. The standard InChI is InChI=1S/C18H26N4O3/c19-17(25)18(22-10-3-1-4-11-22)7-12-20(13-8-18)16(24)14-21-9-5-2-6-15(21)23/h2,5-6,9H,1,3-4,7-8,10-14H2,(H2,19,25). The van der Waals surface area contributed by atoms with Gasteiger partial charge in [-0.3, -0.25) is 19.3 Å². The average molecular weight is 346 g/mol. The van der Waals surface area contributed by atoms with Crippen LogP contribution in [-0.2, 0) is 16.1 Å². The van der Waals surface area contributed by atoms with Gasteiger partial charge in [0.05, 0.1) is 0 Å². The Hall–Kier alpha value is -2.15. The van der Waals surface area contributed by atoms with Crippen LogP contribution in [0.1, 0.15) is 32.1 Å². The van der Waals surface area contributed by atoms with Gasteiger partial charge in [-0.25, -0.2) is 0 Å². The number of piperidine rings is 2. The molecule has 25 heavy (non-hydrogen) atoms.